The predicted molar refractivity (Wildman–Crippen MR) is 129 cm³/mol. The first kappa shape index (κ1) is 22.4. The molecular formula is C27H29FN4O2. The highest BCUT2D eigenvalue weighted by Gasteiger charge is 2.29. The molecule has 1 atom stereocenters. The number of aromatic nitrogens is 3. The minimum absolute atomic E-state index is 0.0299. The Hall–Kier alpha value is -3.35. The number of fused-ring (bicyclic) bond motifs is 1. The number of carbonyl (C=O) groups excluding carboxylic acids is 2. The maximum Gasteiger partial charge on any atom is 0.272 e. The molecule has 2 aliphatic rings. The van der Waals surface area contributed by atoms with E-state index < -0.39 is 5.82 Å². The van der Waals surface area contributed by atoms with E-state index in [0.29, 0.717) is 40.4 Å². The molecule has 1 aliphatic carbocycles. The van der Waals surface area contributed by atoms with Gasteiger partial charge in [-0.3, -0.25) is 9.59 Å². The number of benzene rings is 1. The van der Waals surface area contributed by atoms with Crippen molar-refractivity contribution in [1.29, 1.82) is 0 Å². The third-order valence-corrected chi connectivity index (χ3v) is 7.15. The molecule has 34 heavy (non-hydrogen) atoms. The molecule has 0 bridgehead atoms. The number of halogens is 1. The third kappa shape index (κ3) is 4.27. The fourth-order valence-electron chi connectivity index (χ4n) is 4.95. The molecule has 1 saturated heterocycles. The Labute approximate surface area is 198 Å². The number of rotatable bonds is 5. The smallest absolute Gasteiger partial charge is 0.272 e. The van der Waals surface area contributed by atoms with Crippen LogP contribution in [0.5, 0.6) is 0 Å². The van der Waals surface area contributed by atoms with Gasteiger partial charge in [0.25, 0.3) is 5.91 Å². The van der Waals surface area contributed by atoms with Crippen molar-refractivity contribution >= 4 is 23.9 Å². The molecule has 2 fully saturated rings. The Bertz CT molecular complexity index is 1260. The average Bonchev–Trinajstić information content (AvgIpc) is 3.10. The lowest BCUT2D eigenvalue weighted by molar-refractivity contribution is -0.104. The molecule has 0 N–H and O–H groups in total. The van der Waals surface area contributed by atoms with Gasteiger partial charge in [0, 0.05) is 35.8 Å². The quantitative estimate of drug-likeness (QED) is 0.377. The van der Waals surface area contributed by atoms with Gasteiger partial charge in [-0.15, -0.1) is 0 Å². The molecule has 1 aliphatic heterocycles. The van der Waals surface area contributed by atoms with E-state index in [0.717, 1.165) is 57.2 Å². The molecule has 1 aromatic carbocycles. The molecule has 6 nitrogen and oxygen atoms in total. The van der Waals surface area contributed by atoms with Crippen molar-refractivity contribution in [3.8, 4) is 11.3 Å². The maximum absolute atomic E-state index is 14.9. The van der Waals surface area contributed by atoms with Crippen LogP contribution in [0.15, 0.2) is 36.4 Å². The van der Waals surface area contributed by atoms with Crippen LogP contribution in [0.3, 0.4) is 0 Å². The van der Waals surface area contributed by atoms with E-state index in [2.05, 4.69) is 11.9 Å². The van der Waals surface area contributed by atoms with E-state index in [4.69, 9.17) is 5.10 Å². The zero-order chi connectivity index (χ0) is 23.7. The second-order valence-corrected chi connectivity index (χ2v) is 9.43. The number of nitrogens with zero attached hydrogens (tertiary/aromatic N) is 4. The summed E-state index contributed by atoms with van der Waals surface area (Å²) in [6.07, 6.45) is 11.1. The van der Waals surface area contributed by atoms with Crippen LogP contribution in [0.1, 0.15) is 79.5 Å². The van der Waals surface area contributed by atoms with Crippen molar-refractivity contribution in [2.45, 2.75) is 63.8 Å². The number of hydrogen-bond acceptors (Lipinski definition) is 4. The highest BCUT2D eigenvalue weighted by Crippen LogP contribution is 2.37. The van der Waals surface area contributed by atoms with E-state index >= 15 is 0 Å². The van der Waals surface area contributed by atoms with E-state index in [-0.39, 0.29) is 11.9 Å². The van der Waals surface area contributed by atoms with Crippen molar-refractivity contribution < 1.29 is 14.0 Å². The van der Waals surface area contributed by atoms with Crippen LogP contribution in [0.4, 0.5) is 4.39 Å². The number of amides is 1. The van der Waals surface area contributed by atoms with Gasteiger partial charge in [0.05, 0.1) is 5.69 Å². The van der Waals surface area contributed by atoms with Crippen molar-refractivity contribution in [3.05, 3.63) is 59.2 Å². The molecule has 7 heteroatoms. The summed E-state index contributed by atoms with van der Waals surface area (Å²) in [7, 11) is 0. The molecule has 0 radical (unpaired) electrons. The molecule has 3 aromatic rings. The molecule has 0 spiro atoms. The van der Waals surface area contributed by atoms with Gasteiger partial charge in [0.15, 0.2) is 5.65 Å². The molecule has 2 aromatic heterocycles. The SMILES string of the molecule is CC1CCCCCN1C(=O)c1cc(C2CCC2)n2nc(-c3ccc(/C=C/C=O)cc3F)cc2n1. The van der Waals surface area contributed by atoms with Crippen LogP contribution in [0, 0.1) is 5.82 Å². The summed E-state index contributed by atoms with van der Waals surface area (Å²) in [5.41, 5.74) is 3.43. The van der Waals surface area contributed by atoms with Gasteiger partial charge in [-0.05, 0) is 62.4 Å². The van der Waals surface area contributed by atoms with Gasteiger partial charge < -0.3 is 4.90 Å². The van der Waals surface area contributed by atoms with Crippen LogP contribution in [0.25, 0.3) is 23.0 Å². The largest absolute Gasteiger partial charge is 0.335 e. The normalized spacial score (nSPS) is 19.4. The monoisotopic (exact) mass is 460 g/mol. The lowest BCUT2D eigenvalue weighted by atomic mass is 9.82. The predicted octanol–water partition coefficient (Wildman–Crippen LogP) is 5.42. The number of aldehydes is 1. The Balaban J connectivity index is 1.55. The highest BCUT2D eigenvalue weighted by molar-refractivity contribution is 5.93. The first-order valence-electron chi connectivity index (χ1n) is 12.2. The van der Waals surface area contributed by atoms with Gasteiger partial charge in [0.1, 0.15) is 17.8 Å². The van der Waals surface area contributed by atoms with Crippen molar-refractivity contribution in [1.82, 2.24) is 19.5 Å². The summed E-state index contributed by atoms with van der Waals surface area (Å²) in [6, 6.07) is 8.64. The van der Waals surface area contributed by atoms with E-state index in [1.54, 1.807) is 28.8 Å². The summed E-state index contributed by atoms with van der Waals surface area (Å²) in [5.74, 6) is -0.124. The summed E-state index contributed by atoms with van der Waals surface area (Å²) in [6.45, 7) is 2.87. The van der Waals surface area contributed by atoms with Gasteiger partial charge >= 0.3 is 0 Å². The topological polar surface area (TPSA) is 67.6 Å². The summed E-state index contributed by atoms with van der Waals surface area (Å²) >= 11 is 0. The third-order valence-electron chi connectivity index (χ3n) is 7.15. The molecule has 5 rings (SSSR count). The number of likely N-dealkylation sites (tertiary alicyclic amines) is 1. The van der Waals surface area contributed by atoms with Crippen LogP contribution >= 0.6 is 0 Å². The number of carbonyl (C=O) groups is 2. The Morgan fingerprint density at radius 3 is 2.68 bits per heavy atom. The molecule has 1 unspecified atom stereocenters. The molecular weight excluding hydrogens is 431 g/mol. The highest BCUT2D eigenvalue weighted by atomic mass is 19.1. The second kappa shape index (κ2) is 9.49. The van der Waals surface area contributed by atoms with Crippen LogP contribution in [-0.2, 0) is 4.79 Å². The number of hydrogen-bond donors (Lipinski definition) is 0. The first-order valence-corrected chi connectivity index (χ1v) is 12.2. The van der Waals surface area contributed by atoms with Gasteiger partial charge in [-0.2, -0.15) is 5.10 Å². The Kier molecular flexibility index (Phi) is 6.26. The van der Waals surface area contributed by atoms with Crippen LogP contribution < -0.4 is 0 Å². The Morgan fingerprint density at radius 1 is 1.09 bits per heavy atom. The zero-order valence-corrected chi connectivity index (χ0v) is 19.4. The summed E-state index contributed by atoms with van der Waals surface area (Å²) in [4.78, 5) is 30.7. The standard InChI is InChI=1S/C27H29FN4O2/c1-18-7-3-2-4-13-31(18)27(34)24-16-25(20-9-5-10-20)32-26(29-24)17-23(30-32)21-12-11-19(8-6-14-33)15-22(21)28/h6,8,11-12,14-18,20H,2-5,7,9-10,13H2,1H3/b8-6+. The Morgan fingerprint density at radius 2 is 1.94 bits per heavy atom. The van der Waals surface area contributed by atoms with Gasteiger partial charge in [0.2, 0.25) is 0 Å². The second-order valence-electron chi connectivity index (χ2n) is 9.43. The first-order chi connectivity index (χ1) is 16.5. The molecule has 1 amide bonds. The van der Waals surface area contributed by atoms with Crippen molar-refractivity contribution in [2.24, 2.45) is 0 Å². The van der Waals surface area contributed by atoms with Crippen molar-refractivity contribution in [3.63, 3.8) is 0 Å². The minimum Gasteiger partial charge on any atom is -0.335 e. The molecule has 176 valence electrons. The van der Waals surface area contributed by atoms with Crippen LogP contribution in [0.2, 0.25) is 0 Å². The lowest BCUT2D eigenvalue weighted by Gasteiger charge is -2.29. The van der Waals surface area contributed by atoms with E-state index in [1.165, 1.54) is 12.1 Å². The fourth-order valence-corrected chi connectivity index (χ4v) is 4.95. The average molecular weight is 461 g/mol. The molecule has 1 saturated carbocycles. The lowest BCUT2D eigenvalue weighted by Crippen LogP contribution is -2.38. The number of allylic oxidation sites excluding steroid dienone is 1. The van der Waals surface area contributed by atoms with Crippen molar-refractivity contribution in [2.75, 3.05) is 6.54 Å². The van der Waals surface area contributed by atoms with Gasteiger partial charge in [-0.1, -0.05) is 31.4 Å². The molecule has 3 heterocycles. The van der Waals surface area contributed by atoms with E-state index in [1.807, 2.05) is 11.0 Å². The minimum atomic E-state index is -0.420. The van der Waals surface area contributed by atoms with Gasteiger partial charge in [-0.25, -0.2) is 13.9 Å². The van der Waals surface area contributed by atoms with Crippen LogP contribution in [-0.4, -0.2) is 44.3 Å². The summed E-state index contributed by atoms with van der Waals surface area (Å²) in [5, 5.41) is 4.70. The summed E-state index contributed by atoms with van der Waals surface area (Å²) < 4.78 is 16.7. The fraction of sp³-hybridized carbons (Fsp3) is 0.407. The maximum atomic E-state index is 14.9. The zero-order valence-electron chi connectivity index (χ0n) is 19.4. The van der Waals surface area contributed by atoms with E-state index in [9.17, 15) is 14.0 Å².